The number of fused-ring (bicyclic) bond motifs is 2. The number of hydrogen-bond acceptors (Lipinski definition) is 10. The van der Waals surface area contributed by atoms with Crippen LogP contribution in [0.3, 0.4) is 0 Å². The lowest BCUT2D eigenvalue weighted by Gasteiger charge is -2.19. The van der Waals surface area contributed by atoms with E-state index in [1.165, 1.54) is 33.5 Å². The van der Waals surface area contributed by atoms with Gasteiger partial charge in [-0.05, 0) is 19.1 Å². The summed E-state index contributed by atoms with van der Waals surface area (Å²) >= 11 is 0. The van der Waals surface area contributed by atoms with Crippen LogP contribution in [0.2, 0.25) is 0 Å². The Kier molecular flexibility index (Phi) is 5.37. The molecule has 31 heavy (non-hydrogen) atoms. The van der Waals surface area contributed by atoms with E-state index in [1.54, 1.807) is 6.92 Å². The van der Waals surface area contributed by atoms with E-state index in [-0.39, 0.29) is 76.9 Å². The largest absolute Gasteiger partial charge is 0.493 e. The lowest BCUT2D eigenvalue weighted by Crippen LogP contribution is -2.11. The summed E-state index contributed by atoms with van der Waals surface area (Å²) in [5.74, 6) is 0.202. The van der Waals surface area contributed by atoms with Gasteiger partial charge < -0.3 is 37.9 Å². The number of esters is 2. The van der Waals surface area contributed by atoms with Crippen molar-refractivity contribution in [3.05, 3.63) is 23.3 Å². The fourth-order valence-corrected chi connectivity index (χ4v) is 3.52. The Morgan fingerprint density at radius 1 is 0.774 bits per heavy atom. The fraction of sp³-hybridized carbons (Fsp3) is 0.333. The quantitative estimate of drug-likeness (QED) is 0.632. The van der Waals surface area contributed by atoms with E-state index in [4.69, 9.17) is 37.9 Å². The maximum Gasteiger partial charge on any atom is 0.339 e. The van der Waals surface area contributed by atoms with E-state index in [9.17, 15) is 9.59 Å². The predicted molar refractivity (Wildman–Crippen MR) is 105 cm³/mol. The van der Waals surface area contributed by atoms with Crippen LogP contribution in [0.15, 0.2) is 12.1 Å². The molecule has 0 saturated heterocycles. The molecule has 2 aliphatic rings. The van der Waals surface area contributed by atoms with E-state index in [1.807, 2.05) is 0 Å². The highest BCUT2D eigenvalue weighted by Crippen LogP contribution is 2.56. The minimum absolute atomic E-state index is 0.0806. The van der Waals surface area contributed by atoms with Gasteiger partial charge in [-0.2, -0.15) is 0 Å². The Bertz CT molecular complexity index is 1060. The Morgan fingerprint density at radius 3 is 1.65 bits per heavy atom. The summed E-state index contributed by atoms with van der Waals surface area (Å²) < 4.78 is 43.4. The molecule has 2 aliphatic heterocycles. The van der Waals surface area contributed by atoms with Gasteiger partial charge in [0.05, 0.1) is 39.1 Å². The van der Waals surface area contributed by atoms with Crippen LogP contribution in [0.4, 0.5) is 0 Å². The van der Waals surface area contributed by atoms with Crippen LogP contribution in [0.1, 0.15) is 27.6 Å². The normalized spacial score (nSPS) is 13.0. The molecular formula is C21H20O10. The minimum atomic E-state index is -0.676. The smallest absolute Gasteiger partial charge is 0.339 e. The SMILES string of the molecule is CCOC(=O)c1cc(OC)c2c(c1-c1c(C(=O)OC)cc(OC)c3c1OCO3)OCO2. The Balaban J connectivity index is 2.11. The van der Waals surface area contributed by atoms with Crippen molar-refractivity contribution in [2.75, 3.05) is 41.5 Å². The minimum Gasteiger partial charge on any atom is -0.493 e. The van der Waals surface area contributed by atoms with Crippen LogP contribution < -0.4 is 28.4 Å². The molecule has 10 heteroatoms. The van der Waals surface area contributed by atoms with Crippen LogP contribution >= 0.6 is 0 Å². The van der Waals surface area contributed by atoms with Crippen LogP contribution in [-0.2, 0) is 9.47 Å². The molecule has 0 N–H and O–H groups in total. The average molecular weight is 432 g/mol. The fourth-order valence-electron chi connectivity index (χ4n) is 3.52. The van der Waals surface area contributed by atoms with Crippen molar-refractivity contribution in [1.82, 2.24) is 0 Å². The molecule has 0 fully saturated rings. The number of methoxy groups -OCH3 is 3. The van der Waals surface area contributed by atoms with Gasteiger partial charge in [-0.25, -0.2) is 9.59 Å². The number of benzene rings is 2. The Hall–Kier alpha value is -3.82. The summed E-state index contributed by atoms with van der Waals surface area (Å²) in [7, 11) is 4.12. The zero-order chi connectivity index (χ0) is 22.1. The standard InChI is InChI=1S/C21H20O10/c1-5-27-21(23)11-7-13(25-3)17-19(31-9-29-17)15(11)14-10(20(22)26-4)6-12(24-2)16-18(14)30-8-28-16/h6-7H,5,8-9H2,1-4H3. The van der Waals surface area contributed by atoms with Crippen molar-refractivity contribution < 1.29 is 47.5 Å². The topological polar surface area (TPSA) is 108 Å². The molecule has 2 aromatic rings. The van der Waals surface area contributed by atoms with Crippen LogP contribution in [-0.4, -0.2) is 53.5 Å². The lowest BCUT2D eigenvalue weighted by atomic mass is 9.92. The first kappa shape index (κ1) is 20.5. The highest BCUT2D eigenvalue weighted by atomic mass is 16.7. The van der Waals surface area contributed by atoms with Gasteiger partial charge in [0.25, 0.3) is 0 Å². The monoisotopic (exact) mass is 432 g/mol. The Labute approximate surface area is 177 Å². The van der Waals surface area contributed by atoms with Crippen molar-refractivity contribution in [2.24, 2.45) is 0 Å². The molecule has 2 aromatic carbocycles. The third-order valence-corrected chi connectivity index (χ3v) is 4.81. The van der Waals surface area contributed by atoms with E-state index in [0.29, 0.717) is 0 Å². The van der Waals surface area contributed by atoms with E-state index in [0.717, 1.165) is 0 Å². The van der Waals surface area contributed by atoms with Gasteiger partial charge in [0.15, 0.2) is 23.0 Å². The van der Waals surface area contributed by atoms with Crippen LogP contribution in [0, 0.1) is 0 Å². The number of ether oxygens (including phenoxy) is 8. The average Bonchev–Trinajstić information content (AvgIpc) is 3.46. The van der Waals surface area contributed by atoms with Gasteiger partial charge in [-0.1, -0.05) is 0 Å². The predicted octanol–water partition coefficient (Wildman–Crippen LogP) is 2.79. The van der Waals surface area contributed by atoms with Gasteiger partial charge >= 0.3 is 11.9 Å². The molecule has 0 aromatic heterocycles. The van der Waals surface area contributed by atoms with Crippen molar-refractivity contribution in [1.29, 1.82) is 0 Å². The molecule has 0 atom stereocenters. The van der Waals surface area contributed by atoms with Gasteiger partial charge in [0, 0.05) is 11.1 Å². The molecule has 0 bridgehead atoms. The molecule has 0 amide bonds. The maximum absolute atomic E-state index is 12.9. The second-order valence-electron chi connectivity index (χ2n) is 6.34. The summed E-state index contributed by atoms with van der Waals surface area (Å²) in [5, 5.41) is 0. The number of hydrogen-bond donors (Lipinski definition) is 0. The van der Waals surface area contributed by atoms with Crippen LogP contribution in [0.5, 0.6) is 34.5 Å². The summed E-state index contributed by atoms with van der Waals surface area (Å²) in [5.41, 5.74) is 0.636. The summed E-state index contributed by atoms with van der Waals surface area (Å²) in [6.45, 7) is 1.62. The first-order valence-corrected chi connectivity index (χ1v) is 9.32. The zero-order valence-electron chi connectivity index (χ0n) is 17.4. The first-order chi connectivity index (χ1) is 15.0. The summed E-state index contributed by atoms with van der Waals surface area (Å²) in [6, 6.07) is 2.92. The van der Waals surface area contributed by atoms with Crippen LogP contribution in [0.25, 0.3) is 11.1 Å². The second kappa shape index (κ2) is 8.13. The lowest BCUT2D eigenvalue weighted by molar-refractivity contribution is 0.0524. The number of carbonyl (C=O) groups excluding carboxylic acids is 2. The van der Waals surface area contributed by atoms with Gasteiger partial charge in [0.2, 0.25) is 25.1 Å². The third-order valence-electron chi connectivity index (χ3n) is 4.81. The van der Waals surface area contributed by atoms with E-state index >= 15 is 0 Å². The molecule has 10 nitrogen and oxygen atoms in total. The molecule has 0 radical (unpaired) electrons. The van der Waals surface area contributed by atoms with E-state index < -0.39 is 11.9 Å². The molecular weight excluding hydrogens is 412 g/mol. The Morgan fingerprint density at radius 2 is 1.23 bits per heavy atom. The molecule has 4 rings (SSSR count). The van der Waals surface area contributed by atoms with Gasteiger partial charge in [-0.15, -0.1) is 0 Å². The maximum atomic E-state index is 12.9. The first-order valence-electron chi connectivity index (χ1n) is 9.32. The van der Waals surface area contributed by atoms with Crippen molar-refractivity contribution in [3.63, 3.8) is 0 Å². The number of rotatable bonds is 6. The number of carbonyl (C=O) groups is 2. The van der Waals surface area contributed by atoms with Crippen molar-refractivity contribution in [2.45, 2.75) is 6.92 Å². The van der Waals surface area contributed by atoms with Gasteiger partial charge in [0.1, 0.15) is 0 Å². The van der Waals surface area contributed by atoms with Crippen molar-refractivity contribution >= 4 is 11.9 Å². The highest BCUT2D eigenvalue weighted by molar-refractivity contribution is 6.08. The summed E-state index contributed by atoms with van der Waals surface area (Å²) in [4.78, 5) is 25.6. The van der Waals surface area contributed by atoms with Gasteiger partial charge in [-0.3, -0.25) is 0 Å². The molecule has 0 unspecified atom stereocenters. The van der Waals surface area contributed by atoms with Crippen molar-refractivity contribution in [3.8, 4) is 45.6 Å². The third kappa shape index (κ3) is 3.20. The zero-order valence-corrected chi connectivity index (χ0v) is 17.4. The van der Waals surface area contributed by atoms with E-state index in [2.05, 4.69) is 0 Å². The summed E-state index contributed by atoms with van der Waals surface area (Å²) in [6.07, 6.45) is 0. The molecule has 0 saturated carbocycles. The molecule has 0 spiro atoms. The molecule has 164 valence electrons. The second-order valence-corrected chi connectivity index (χ2v) is 6.34. The highest BCUT2D eigenvalue weighted by Gasteiger charge is 2.37. The molecule has 2 heterocycles. The molecule has 0 aliphatic carbocycles.